The fourth-order valence-corrected chi connectivity index (χ4v) is 2.18. The van der Waals surface area contributed by atoms with E-state index < -0.39 is 0 Å². The Bertz CT molecular complexity index is 174. The molecule has 0 radical (unpaired) electrons. The summed E-state index contributed by atoms with van der Waals surface area (Å²) in [6, 6.07) is 0. The smallest absolute Gasteiger partial charge is 0.00436 e. The number of unbranched alkanes of at least 4 members (excludes halogenated alkanes) is 1. The molecule has 17 heavy (non-hydrogen) atoms. The fourth-order valence-electron chi connectivity index (χ4n) is 2.18. The molecule has 104 valence electrons. The van der Waals surface area contributed by atoms with Gasteiger partial charge in [0.15, 0.2) is 0 Å². The van der Waals surface area contributed by atoms with Crippen LogP contribution in [0.5, 0.6) is 0 Å². The van der Waals surface area contributed by atoms with Gasteiger partial charge in [-0.25, -0.2) is 0 Å². The van der Waals surface area contributed by atoms with Crippen molar-refractivity contribution in [2.24, 2.45) is 17.3 Å². The van der Waals surface area contributed by atoms with Crippen LogP contribution in [0.25, 0.3) is 0 Å². The van der Waals surface area contributed by atoms with Crippen LogP contribution in [-0.2, 0) is 0 Å². The van der Waals surface area contributed by atoms with E-state index in [1.807, 2.05) is 0 Å². The first-order valence-corrected chi connectivity index (χ1v) is 7.63. The van der Waals surface area contributed by atoms with Crippen molar-refractivity contribution in [2.45, 2.75) is 73.6 Å². The SMILES string of the molecule is CCC(C)(CCNCCCCC(C)C)C(C)C. The van der Waals surface area contributed by atoms with Gasteiger partial charge >= 0.3 is 0 Å². The first-order chi connectivity index (χ1) is 7.92. The number of hydrogen-bond donors (Lipinski definition) is 1. The van der Waals surface area contributed by atoms with Crippen molar-refractivity contribution in [2.75, 3.05) is 13.1 Å². The summed E-state index contributed by atoms with van der Waals surface area (Å²) >= 11 is 0. The lowest BCUT2D eigenvalue weighted by atomic mass is 9.74. The zero-order chi connectivity index (χ0) is 13.3. The van der Waals surface area contributed by atoms with Gasteiger partial charge in [0, 0.05) is 0 Å². The Labute approximate surface area is 110 Å². The molecule has 0 aliphatic rings. The Morgan fingerprint density at radius 2 is 1.65 bits per heavy atom. The molecule has 1 nitrogen and oxygen atoms in total. The molecule has 0 saturated carbocycles. The number of nitrogens with one attached hydrogen (secondary N) is 1. The summed E-state index contributed by atoms with van der Waals surface area (Å²) in [5.74, 6) is 1.65. The molecule has 0 saturated heterocycles. The Hall–Kier alpha value is -0.0400. The van der Waals surface area contributed by atoms with Crippen LogP contribution in [0.1, 0.15) is 73.6 Å². The number of rotatable bonds is 10. The van der Waals surface area contributed by atoms with E-state index in [-0.39, 0.29) is 0 Å². The first-order valence-electron chi connectivity index (χ1n) is 7.63. The van der Waals surface area contributed by atoms with Crippen LogP contribution in [0, 0.1) is 17.3 Å². The lowest BCUT2D eigenvalue weighted by Gasteiger charge is -2.33. The van der Waals surface area contributed by atoms with Gasteiger partial charge in [0.25, 0.3) is 0 Å². The van der Waals surface area contributed by atoms with Crippen molar-refractivity contribution in [1.29, 1.82) is 0 Å². The summed E-state index contributed by atoms with van der Waals surface area (Å²) in [7, 11) is 0. The number of hydrogen-bond acceptors (Lipinski definition) is 1. The molecule has 0 aliphatic carbocycles. The summed E-state index contributed by atoms with van der Waals surface area (Å²) in [4.78, 5) is 0. The maximum absolute atomic E-state index is 3.60. The minimum atomic E-state index is 0.519. The van der Waals surface area contributed by atoms with Gasteiger partial charge in [0.05, 0.1) is 0 Å². The van der Waals surface area contributed by atoms with E-state index in [1.54, 1.807) is 0 Å². The molecule has 0 aromatic carbocycles. The Morgan fingerprint density at radius 1 is 1.00 bits per heavy atom. The minimum Gasteiger partial charge on any atom is -0.317 e. The summed E-state index contributed by atoms with van der Waals surface area (Å²) in [6.07, 6.45) is 6.69. The van der Waals surface area contributed by atoms with Gasteiger partial charge in [0.1, 0.15) is 0 Å². The molecule has 1 atom stereocenters. The summed E-state index contributed by atoms with van der Waals surface area (Å²) in [5.41, 5.74) is 0.519. The third kappa shape index (κ3) is 7.81. The monoisotopic (exact) mass is 241 g/mol. The predicted octanol–water partition coefficient (Wildman–Crippen LogP) is 4.86. The van der Waals surface area contributed by atoms with Crippen LogP contribution >= 0.6 is 0 Å². The van der Waals surface area contributed by atoms with Gasteiger partial charge in [-0.15, -0.1) is 0 Å². The second-order valence-corrected chi connectivity index (χ2v) is 6.55. The summed E-state index contributed by atoms with van der Waals surface area (Å²) in [6.45, 7) is 16.5. The zero-order valence-corrected chi connectivity index (χ0v) is 13.1. The molecule has 0 heterocycles. The average molecular weight is 241 g/mol. The highest BCUT2D eigenvalue weighted by Gasteiger charge is 2.25. The van der Waals surface area contributed by atoms with Gasteiger partial charge in [-0.05, 0) is 43.2 Å². The quantitative estimate of drug-likeness (QED) is 0.538. The second-order valence-electron chi connectivity index (χ2n) is 6.55. The third-order valence-electron chi connectivity index (χ3n) is 4.46. The van der Waals surface area contributed by atoms with Crippen LogP contribution < -0.4 is 5.32 Å². The van der Waals surface area contributed by atoms with Crippen molar-refractivity contribution in [3.8, 4) is 0 Å². The maximum atomic E-state index is 3.60. The summed E-state index contributed by atoms with van der Waals surface area (Å²) in [5, 5.41) is 3.60. The van der Waals surface area contributed by atoms with E-state index in [0.29, 0.717) is 5.41 Å². The molecular formula is C16H35N. The predicted molar refractivity (Wildman–Crippen MR) is 79.4 cm³/mol. The van der Waals surface area contributed by atoms with Crippen LogP contribution in [-0.4, -0.2) is 13.1 Å². The zero-order valence-electron chi connectivity index (χ0n) is 13.1. The van der Waals surface area contributed by atoms with Crippen LogP contribution in [0.2, 0.25) is 0 Å². The molecule has 0 rings (SSSR count). The van der Waals surface area contributed by atoms with E-state index in [1.165, 1.54) is 45.2 Å². The minimum absolute atomic E-state index is 0.519. The standard InChI is InChI=1S/C16H35N/c1-7-16(6,15(4)5)11-13-17-12-9-8-10-14(2)3/h14-15,17H,7-13H2,1-6H3. The fraction of sp³-hybridized carbons (Fsp3) is 1.00. The van der Waals surface area contributed by atoms with E-state index in [0.717, 1.165) is 11.8 Å². The lowest BCUT2D eigenvalue weighted by molar-refractivity contribution is 0.189. The summed E-state index contributed by atoms with van der Waals surface area (Å²) < 4.78 is 0. The Balaban J connectivity index is 3.50. The van der Waals surface area contributed by atoms with Crippen LogP contribution in [0.15, 0.2) is 0 Å². The van der Waals surface area contributed by atoms with Crippen molar-refractivity contribution < 1.29 is 0 Å². The molecule has 0 aliphatic heterocycles. The van der Waals surface area contributed by atoms with Crippen LogP contribution in [0.4, 0.5) is 0 Å². The van der Waals surface area contributed by atoms with Crippen LogP contribution in [0.3, 0.4) is 0 Å². The highest BCUT2D eigenvalue weighted by molar-refractivity contribution is 4.76. The Kier molecular flexibility index (Phi) is 8.94. The largest absolute Gasteiger partial charge is 0.317 e. The first kappa shape index (κ1) is 17.0. The second kappa shape index (κ2) is 8.97. The van der Waals surface area contributed by atoms with Crippen molar-refractivity contribution in [3.63, 3.8) is 0 Å². The molecule has 0 amide bonds. The van der Waals surface area contributed by atoms with Crippen molar-refractivity contribution in [1.82, 2.24) is 5.32 Å². The van der Waals surface area contributed by atoms with E-state index >= 15 is 0 Å². The molecule has 1 heteroatoms. The highest BCUT2D eigenvalue weighted by atomic mass is 14.8. The van der Waals surface area contributed by atoms with Crippen molar-refractivity contribution in [3.05, 3.63) is 0 Å². The lowest BCUT2D eigenvalue weighted by Crippen LogP contribution is -2.28. The van der Waals surface area contributed by atoms with E-state index in [2.05, 4.69) is 46.9 Å². The normalized spacial score (nSPS) is 15.5. The van der Waals surface area contributed by atoms with Gasteiger partial charge in [-0.3, -0.25) is 0 Å². The molecule has 0 bridgehead atoms. The molecule has 1 unspecified atom stereocenters. The van der Waals surface area contributed by atoms with Gasteiger partial charge in [-0.2, -0.15) is 0 Å². The van der Waals surface area contributed by atoms with Gasteiger partial charge in [-0.1, -0.05) is 60.8 Å². The molecule has 0 aromatic heterocycles. The Morgan fingerprint density at radius 3 is 2.12 bits per heavy atom. The molecule has 0 fully saturated rings. The van der Waals surface area contributed by atoms with Crippen molar-refractivity contribution >= 4 is 0 Å². The third-order valence-corrected chi connectivity index (χ3v) is 4.46. The average Bonchev–Trinajstić information content (AvgIpc) is 2.26. The maximum Gasteiger partial charge on any atom is -0.00436 e. The molecular weight excluding hydrogens is 206 g/mol. The topological polar surface area (TPSA) is 12.0 Å². The molecule has 1 N–H and O–H groups in total. The molecule has 0 spiro atoms. The van der Waals surface area contributed by atoms with E-state index in [4.69, 9.17) is 0 Å². The molecule has 0 aromatic rings. The highest BCUT2D eigenvalue weighted by Crippen LogP contribution is 2.33. The van der Waals surface area contributed by atoms with Gasteiger partial charge < -0.3 is 5.32 Å². The van der Waals surface area contributed by atoms with Gasteiger partial charge in [0.2, 0.25) is 0 Å². The van der Waals surface area contributed by atoms with E-state index in [9.17, 15) is 0 Å².